The molecule has 2 aromatic rings. The van der Waals surface area contributed by atoms with Crippen molar-refractivity contribution in [3.63, 3.8) is 0 Å². The number of carbonyl (C=O) groups is 1. The zero-order valence-electron chi connectivity index (χ0n) is 16.5. The molecule has 144 valence electrons. The standard InChI is InChI=1S/C23H25N3OS/c1-4-7-15-8-5-11-17(12-15)18-13-19(28-14-18)23(2)20(16-9-6-10-16)21(27)26(3)22(24)25-23/h5,8,11-14,16,20H,6,9-10H2,1-3H3,(H2,24,25)/t20?,23-/m1/s1. The van der Waals surface area contributed by atoms with E-state index in [4.69, 9.17) is 10.7 Å². The monoisotopic (exact) mass is 391 g/mol. The van der Waals surface area contributed by atoms with Crippen LogP contribution in [0, 0.1) is 23.7 Å². The number of hydrogen-bond donors (Lipinski definition) is 1. The average Bonchev–Trinajstić information content (AvgIpc) is 3.13. The van der Waals surface area contributed by atoms with Gasteiger partial charge in [-0.25, -0.2) is 4.99 Å². The summed E-state index contributed by atoms with van der Waals surface area (Å²) < 4.78 is 0. The fraction of sp³-hybridized carbons (Fsp3) is 0.391. The van der Waals surface area contributed by atoms with Crippen LogP contribution in [0.3, 0.4) is 0 Å². The summed E-state index contributed by atoms with van der Waals surface area (Å²) in [4.78, 5) is 20.6. The third kappa shape index (κ3) is 3.02. The summed E-state index contributed by atoms with van der Waals surface area (Å²) in [6, 6.07) is 10.4. The van der Waals surface area contributed by atoms with Crippen molar-refractivity contribution >= 4 is 23.2 Å². The van der Waals surface area contributed by atoms with Gasteiger partial charge >= 0.3 is 0 Å². The minimum Gasteiger partial charge on any atom is -0.369 e. The molecule has 4 rings (SSSR count). The van der Waals surface area contributed by atoms with E-state index >= 15 is 0 Å². The number of hydrogen-bond acceptors (Lipinski definition) is 4. The van der Waals surface area contributed by atoms with E-state index in [9.17, 15) is 4.79 Å². The first kappa shape index (κ1) is 18.8. The number of aliphatic imine (C=N–C) groups is 1. The van der Waals surface area contributed by atoms with Gasteiger partial charge in [-0.15, -0.1) is 17.3 Å². The van der Waals surface area contributed by atoms with Gasteiger partial charge in [0.05, 0.1) is 5.92 Å². The van der Waals surface area contributed by atoms with Gasteiger partial charge in [-0.3, -0.25) is 9.69 Å². The van der Waals surface area contributed by atoms with Crippen molar-refractivity contribution in [2.45, 2.75) is 38.6 Å². The lowest BCUT2D eigenvalue weighted by Crippen LogP contribution is -2.56. The molecule has 1 saturated carbocycles. The summed E-state index contributed by atoms with van der Waals surface area (Å²) in [7, 11) is 1.73. The van der Waals surface area contributed by atoms with Crippen LogP contribution in [0.4, 0.5) is 0 Å². The molecule has 1 amide bonds. The number of carbonyl (C=O) groups excluding carboxylic acids is 1. The molecular formula is C23H25N3OS. The van der Waals surface area contributed by atoms with E-state index in [0.717, 1.165) is 34.4 Å². The molecule has 1 aromatic heterocycles. The number of amides is 1. The molecule has 2 N–H and O–H groups in total. The number of benzene rings is 1. The maximum Gasteiger partial charge on any atom is 0.235 e. The molecular weight excluding hydrogens is 366 g/mol. The zero-order chi connectivity index (χ0) is 19.9. The van der Waals surface area contributed by atoms with Crippen LogP contribution in [-0.2, 0) is 10.3 Å². The molecule has 0 radical (unpaired) electrons. The molecule has 0 saturated heterocycles. The van der Waals surface area contributed by atoms with Crippen LogP contribution in [0.2, 0.25) is 0 Å². The summed E-state index contributed by atoms with van der Waals surface area (Å²) in [5.41, 5.74) is 8.77. The maximum atomic E-state index is 13.1. The molecule has 2 atom stereocenters. The van der Waals surface area contributed by atoms with Crippen molar-refractivity contribution in [3.8, 4) is 23.0 Å². The van der Waals surface area contributed by atoms with E-state index in [2.05, 4.69) is 42.3 Å². The topological polar surface area (TPSA) is 58.7 Å². The Bertz CT molecular complexity index is 1010. The summed E-state index contributed by atoms with van der Waals surface area (Å²) in [6.07, 6.45) is 3.37. The molecule has 1 aromatic carbocycles. The predicted molar refractivity (Wildman–Crippen MR) is 115 cm³/mol. The molecule has 2 aliphatic rings. The predicted octanol–water partition coefficient (Wildman–Crippen LogP) is 4.20. The van der Waals surface area contributed by atoms with Gasteiger partial charge in [-0.2, -0.15) is 0 Å². The van der Waals surface area contributed by atoms with Gasteiger partial charge in [0, 0.05) is 17.5 Å². The smallest absolute Gasteiger partial charge is 0.235 e. The molecule has 1 aliphatic carbocycles. The Morgan fingerprint density at radius 3 is 2.75 bits per heavy atom. The van der Waals surface area contributed by atoms with Crippen molar-refractivity contribution in [1.82, 2.24) is 4.90 Å². The van der Waals surface area contributed by atoms with Gasteiger partial charge in [-0.1, -0.05) is 24.5 Å². The Morgan fingerprint density at radius 2 is 2.07 bits per heavy atom. The number of rotatable bonds is 3. The summed E-state index contributed by atoms with van der Waals surface area (Å²) in [5, 5.41) is 2.14. The van der Waals surface area contributed by atoms with Crippen molar-refractivity contribution in [1.29, 1.82) is 0 Å². The van der Waals surface area contributed by atoms with Crippen molar-refractivity contribution < 1.29 is 4.79 Å². The number of nitrogens with zero attached hydrogens (tertiary/aromatic N) is 2. The van der Waals surface area contributed by atoms with Crippen molar-refractivity contribution in [2.24, 2.45) is 22.6 Å². The SMILES string of the molecule is CC#Cc1cccc(-c2csc([C@@]3(C)N=C(N)N(C)C(=O)C3C3CCC3)c2)c1. The third-order valence-corrected chi connectivity index (χ3v) is 7.23. The molecule has 5 heteroatoms. The lowest BCUT2D eigenvalue weighted by Gasteiger charge is -2.46. The summed E-state index contributed by atoms with van der Waals surface area (Å²) in [5.74, 6) is 6.69. The number of thiophene rings is 1. The highest BCUT2D eigenvalue weighted by Crippen LogP contribution is 2.49. The van der Waals surface area contributed by atoms with Crippen molar-refractivity contribution in [3.05, 3.63) is 46.2 Å². The number of guanidine groups is 1. The first-order valence-electron chi connectivity index (χ1n) is 9.69. The summed E-state index contributed by atoms with van der Waals surface area (Å²) in [6.45, 7) is 3.92. The zero-order valence-corrected chi connectivity index (χ0v) is 17.3. The third-order valence-electron chi connectivity index (χ3n) is 6.08. The largest absolute Gasteiger partial charge is 0.369 e. The van der Waals surface area contributed by atoms with E-state index in [1.807, 2.05) is 19.1 Å². The van der Waals surface area contributed by atoms with Crippen molar-refractivity contribution in [2.75, 3.05) is 7.05 Å². The van der Waals surface area contributed by atoms with Crippen LogP contribution < -0.4 is 5.73 Å². The van der Waals surface area contributed by atoms with Crippen LogP contribution in [0.25, 0.3) is 11.1 Å². The van der Waals surface area contributed by atoms with Crippen LogP contribution in [0.5, 0.6) is 0 Å². The molecule has 0 spiro atoms. The first-order valence-corrected chi connectivity index (χ1v) is 10.6. The molecule has 1 aliphatic heterocycles. The van der Waals surface area contributed by atoms with Gasteiger partial charge in [0.1, 0.15) is 5.54 Å². The lowest BCUT2D eigenvalue weighted by atomic mass is 9.66. The fourth-order valence-corrected chi connectivity index (χ4v) is 5.32. The molecule has 4 nitrogen and oxygen atoms in total. The second kappa shape index (κ2) is 7.10. The molecule has 1 unspecified atom stereocenters. The normalized spacial score (nSPS) is 25.0. The van der Waals surface area contributed by atoms with E-state index in [1.165, 1.54) is 11.3 Å². The van der Waals surface area contributed by atoms with E-state index in [-0.39, 0.29) is 11.8 Å². The minimum atomic E-state index is -0.609. The van der Waals surface area contributed by atoms with Gasteiger partial charge in [-0.05, 0) is 67.3 Å². The Hall–Kier alpha value is -2.58. The van der Waals surface area contributed by atoms with Gasteiger partial charge in [0.2, 0.25) is 5.91 Å². The highest BCUT2D eigenvalue weighted by molar-refractivity contribution is 7.10. The second-order valence-electron chi connectivity index (χ2n) is 7.84. The molecule has 0 bridgehead atoms. The fourth-order valence-electron chi connectivity index (χ4n) is 4.26. The average molecular weight is 392 g/mol. The second-order valence-corrected chi connectivity index (χ2v) is 8.75. The molecule has 2 heterocycles. The van der Waals surface area contributed by atoms with Crippen LogP contribution in [0.15, 0.2) is 40.7 Å². The van der Waals surface area contributed by atoms with Gasteiger partial charge < -0.3 is 5.73 Å². The highest BCUT2D eigenvalue weighted by Gasteiger charge is 2.51. The van der Waals surface area contributed by atoms with E-state index in [1.54, 1.807) is 18.4 Å². The van der Waals surface area contributed by atoms with Gasteiger partial charge in [0.15, 0.2) is 5.96 Å². The Morgan fingerprint density at radius 1 is 1.29 bits per heavy atom. The Labute approximate surface area is 170 Å². The van der Waals surface area contributed by atoms with E-state index < -0.39 is 5.54 Å². The van der Waals surface area contributed by atoms with Crippen LogP contribution >= 0.6 is 11.3 Å². The molecule has 28 heavy (non-hydrogen) atoms. The lowest BCUT2D eigenvalue weighted by molar-refractivity contribution is -0.138. The maximum absolute atomic E-state index is 13.1. The highest BCUT2D eigenvalue weighted by atomic mass is 32.1. The molecule has 1 fully saturated rings. The number of nitrogens with two attached hydrogens (primary N) is 1. The Kier molecular flexibility index (Phi) is 4.76. The minimum absolute atomic E-state index is 0.0925. The first-order chi connectivity index (χ1) is 13.4. The van der Waals surface area contributed by atoms with Crippen LogP contribution in [0.1, 0.15) is 43.6 Å². The van der Waals surface area contributed by atoms with E-state index in [0.29, 0.717) is 11.9 Å². The quantitative estimate of drug-likeness (QED) is 0.797. The summed E-state index contributed by atoms with van der Waals surface area (Å²) >= 11 is 1.66. The van der Waals surface area contributed by atoms with Crippen LogP contribution in [-0.4, -0.2) is 23.8 Å². The van der Waals surface area contributed by atoms with Gasteiger partial charge in [0.25, 0.3) is 0 Å². The Balaban J connectivity index is 1.76.